The number of rotatable bonds is 68. The van der Waals surface area contributed by atoms with E-state index < -0.39 is 217 Å². The van der Waals surface area contributed by atoms with Crippen LogP contribution in [-0.4, -0.2) is 264 Å². The first-order valence-corrected chi connectivity index (χ1v) is 44.6. The molecule has 6 rings (SSSR count). The van der Waals surface area contributed by atoms with Gasteiger partial charge in [-0.2, -0.15) is 0 Å². The molecule has 4 amide bonds. The van der Waals surface area contributed by atoms with Crippen LogP contribution in [0.2, 0.25) is 0 Å². The van der Waals surface area contributed by atoms with E-state index in [9.17, 15) is 156 Å². The molecule has 59 heteroatoms. The van der Waals surface area contributed by atoms with Crippen LogP contribution in [0.1, 0.15) is 189 Å². The summed E-state index contributed by atoms with van der Waals surface area (Å²) in [7, 11) is 0. The normalized spacial score (nSPS) is 10.9. The molecule has 55 nitrogen and oxygen atoms in total. The standard InChI is InChI=1S/C41H56N8O17S.C40H54N8O16S.6CO.2Re/c50-32(44-40(12-6-34(52)53,13-7-35(54)55)14-8-36(56)57)26-48-21-18-42-30(48)24-47(20-1-23-66-29-4-2-28(3-5-29)46-67(64)65)25-31-43-19-22-49(31)27-33(51)45-41(15-9-37(58)59,16-10-38(60)61)17-11-39(62)63;49-31(43-39(12-5-33(51)52,13-6-34(53)54)14-7-35(55)56)25-47-21-18-41-29(47)23-46(20-11-27-1-3-28(4-2-27)45-65(63)64)24-30-42-19-22-48(30)26-32(50)44-40(15-8-36(57)58,16-9-37(59)60)17-10-38(61)62;6*1-2;;/h2-5,18-19,21-22,46H,1,6-17,20,23-27H2,(H,44,50)(H,45,51)(H,52,53)(H,54,55)(H,56,57)(H,58,59)(H,60,61)(H,62,63)(H,64,65);1-4,18-19,21-22,45H,5-17,20,23-26H2,(H,43,49)(H,44,50)(H,51,52)(H,53,54)(H,55,56)(H,57,58)(H,59,60)(H,61,62)(H,63,64);;;;;;;;/p-2. The average Bonchev–Trinajstić information content (AvgIpc) is 1.64. The van der Waals surface area contributed by atoms with Gasteiger partial charge >= 0.3 is 139 Å². The van der Waals surface area contributed by atoms with Gasteiger partial charge in [0.25, 0.3) is 0 Å². The fraction of sp³-hybridized carbons (Fsp3) is 0.471. The maximum absolute atomic E-state index is 13.6. The van der Waals surface area contributed by atoms with E-state index in [1.54, 1.807) is 36.4 Å². The molecule has 146 heavy (non-hydrogen) atoms. The number of carbonyl (C=O) groups excluding carboxylic acids is 4. The first-order valence-electron chi connectivity index (χ1n) is 42.4. The van der Waals surface area contributed by atoms with Gasteiger partial charge in [-0.15, -0.1) is 0 Å². The molecule has 0 aliphatic rings. The van der Waals surface area contributed by atoms with Crippen molar-refractivity contribution < 1.29 is 229 Å². The fourth-order valence-corrected chi connectivity index (χ4v) is 15.1. The van der Waals surface area contributed by atoms with Crippen LogP contribution in [0.25, 0.3) is 0 Å². The van der Waals surface area contributed by atoms with E-state index in [0.717, 1.165) is 5.56 Å². The number of hydrogen-bond donors (Lipinski definition) is 18. The largest absolute Gasteiger partial charge is 0 e. The van der Waals surface area contributed by atoms with Gasteiger partial charge in [-0.05, 0) is 132 Å². The van der Waals surface area contributed by atoms with E-state index in [2.05, 4.69) is 90.5 Å². The second-order valence-corrected chi connectivity index (χ2v) is 32.5. The van der Waals surface area contributed by atoms with Crippen molar-refractivity contribution in [1.29, 1.82) is 0 Å². The summed E-state index contributed by atoms with van der Waals surface area (Å²) in [5.74, 6) is -15.6. The Morgan fingerprint density at radius 3 is 0.705 bits per heavy atom. The van der Waals surface area contributed by atoms with Crippen molar-refractivity contribution in [2.45, 2.75) is 241 Å². The smallest absolute Gasteiger partial charge is 0 e. The van der Waals surface area contributed by atoms with Gasteiger partial charge in [0.05, 0.1) is 32.8 Å². The molecule has 0 aliphatic carbocycles. The summed E-state index contributed by atoms with van der Waals surface area (Å²) in [4.78, 5) is 214. The maximum Gasteiger partial charge on any atom is 0 e. The zero-order valence-electron chi connectivity index (χ0n) is 77.8. The number of nitrogens with one attached hydrogen (secondary N) is 6. The number of benzene rings is 2. The predicted octanol–water partition coefficient (Wildman–Crippen LogP) is 2.85. The fourth-order valence-electron chi connectivity index (χ4n) is 14.5. The number of anilines is 2. The second-order valence-electron chi connectivity index (χ2n) is 31.2. The molecule has 2 atom stereocenters. The van der Waals surface area contributed by atoms with Gasteiger partial charge in [-0.1, -0.05) is 12.1 Å². The molecule has 6 aromatic rings. The number of carboxylic acid groups (broad SMARTS) is 12. The Kier molecular flexibility index (Phi) is 72.7. The first-order chi connectivity index (χ1) is 68.3. The second kappa shape index (κ2) is 76.7. The summed E-state index contributed by atoms with van der Waals surface area (Å²) in [6, 6.07) is 12.7. The van der Waals surface area contributed by atoms with E-state index in [0.29, 0.717) is 59.8 Å². The van der Waals surface area contributed by atoms with E-state index >= 15 is 0 Å². The monoisotopic (exact) mass is 2440 g/mol. The zero-order valence-corrected chi connectivity index (χ0v) is 84.9. The third-order valence-corrected chi connectivity index (χ3v) is 22.0. The van der Waals surface area contributed by atoms with Crippen molar-refractivity contribution in [2.75, 3.05) is 29.1 Å². The van der Waals surface area contributed by atoms with Gasteiger partial charge in [0.1, 0.15) is 55.2 Å². The molecule has 0 fully saturated rings. The third-order valence-electron chi connectivity index (χ3n) is 21.2. The summed E-state index contributed by atoms with van der Waals surface area (Å²) in [5, 5.41) is 124. The predicted molar refractivity (Wildman–Crippen MR) is 478 cm³/mol. The molecule has 18 N–H and O–H groups in total. The minimum absolute atomic E-state index is 0. The molecule has 0 spiro atoms. The molecule has 2 unspecified atom stereocenters. The van der Waals surface area contributed by atoms with Gasteiger partial charge in [0.15, 0.2) is 0 Å². The van der Waals surface area contributed by atoms with Gasteiger partial charge in [0, 0.05) is 237 Å². The number of hydrogen-bond acceptors (Lipinski definition) is 27. The Morgan fingerprint density at radius 1 is 0.322 bits per heavy atom. The van der Waals surface area contributed by atoms with Crippen LogP contribution >= 0.6 is 0 Å². The number of nitrogens with zero attached hydrogens (tertiary/aromatic N) is 10. The molecule has 0 saturated heterocycles. The van der Waals surface area contributed by atoms with E-state index in [-0.39, 0.29) is 183 Å². The molecule has 0 aliphatic heterocycles. The van der Waals surface area contributed by atoms with E-state index in [1.165, 1.54) is 80.0 Å². The van der Waals surface area contributed by atoms with Crippen LogP contribution in [0.3, 0.4) is 0 Å². The molecule has 0 saturated carbocycles. The van der Waals surface area contributed by atoms with Gasteiger partial charge in [-0.3, -0.25) is 94.9 Å². The Morgan fingerprint density at radius 2 is 0.514 bits per heavy atom. The summed E-state index contributed by atoms with van der Waals surface area (Å²) in [5.41, 5.74) is -4.46. The quantitative estimate of drug-likeness (QED) is 0.0113. The van der Waals surface area contributed by atoms with Crippen LogP contribution in [0.4, 0.5) is 11.4 Å². The topological polar surface area (TPSA) is 875 Å². The molecule has 2 aromatic carbocycles. The van der Waals surface area contributed by atoms with Crippen molar-refractivity contribution >= 4 is 129 Å². The van der Waals surface area contributed by atoms with Gasteiger partial charge in [-0.25, -0.2) is 19.9 Å². The number of imidazole rings is 4. The molecule has 798 valence electrons. The Labute approximate surface area is 865 Å². The summed E-state index contributed by atoms with van der Waals surface area (Å²) >= 11 is -5.06. The number of carbonyl (C=O) groups is 16. The van der Waals surface area contributed by atoms with Crippen LogP contribution < -0.4 is 35.4 Å². The molecule has 2 radical (unpaired) electrons. The first kappa shape index (κ1) is 138. The maximum atomic E-state index is 13.6. The van der Waals surface area contributed by atoms with Crippen molar-refractivity contribution in [1.82, 2.24) is 69.3 Å². The van der Waals surface area contributed by atoms with Crippen molar-refractivity contribution in [3.05, 3.63) is 167 Å². The molecule has 4 aromatic heterocycles. The summed E-state index contributed by atoms with van der Waals surface area (Å²) in [6.45, 7) is 26.4. The summed E-state index contributed by atoms with van der Waals surface area (Å²) in [6.07, 6.45) is 4.01. The van der Waals surface area contributed by atoms with Gasteiger partial charge in [0.2, 0.25) is 23.6 Å². The van der Waals surface area contributed by atoms with E-state index in [1.807, 2.05) is 9.80 Å². The summed E-state index contributed by atoms with van der Waals surface area (Å²) < 4.78 is 105. The zero-order chi connectivity index (χ0) is 110. The molecular formula is C87H108N16O39Re2S2-2. The molecule has 0 bridgehead atoms. The number of aliphatic carboxylic acids is 12. The average molecular weight is 2440 g/mol. The van der Waals surface area contributed by atoms with Crippen LogP contribution in [0, 0.1) is 39.9 Å². The minimum Gasteiger partial charge on any atom is 0 e. The number of aromatic nitrogens is 8. The molecular weight excluding hydrogens is 2330 g/mol. The minimum atomic E-state index is -2.54. The number of ether oxygens (including phenoxy) is 1. The number of amides is 4. The van der Waals surface area contributed by atoms with Crippen molar-refractivity contribution in [3.8, 4) is 5.75 Å². The van der Waals surface area contributed by atoms with E-state index in [4.69, 9.17) is 32.6 Å². The third kappa shape index (κ3) is 60.0. The van der Waals surface area contributed by atoms with Crippen molar-refractivity contribution in [2.24, 2.45) is 0 Å². The van der Waals surface area contributed by atoms with Crippen LogP contribution in [0.15, 0.2) is 98.1 Å². The van der Waals surface area contributed by atoms with Crippen LogP contribution in [-0.2, 0) is 227 Å². The SMILES string of the molecule is O=C(O)CCC(CCC(=O)O)(CCC(=O)O)NC(=O)Cn1ccnc1CN(CCCOc1ccc(NS(=O)[O-])cc1)Cc1nccn1CC(=O)NC(CCC(=O)O)(CCC(=O)O)CCC(=O)O.O=C(O)CCC(CCC(=O)O)(CCC(=O)O)NC(=O)Cn1ccnc1CN(CCc1ccc(NS(=O)[O-])cc1)Cc1nccn1CC(=O)NC(CCC(=O)O)(CCC(=O)O)CCC(=O)O.[C-]#[O+].[C-]#[O+].[C-]#[O+].[C-]#[O+].[C-]#[O+].[C-]#[O+].[Re].[Re]. The van der Waals surface area contributed by atoms with Crippen molar-refractivity contribution in [3.63, 3.8) is 0 Å². The Bertz CT molecular complexity index is 4840. The van der Waals surface area contributed by atoms with Gasteiger partial charge < -0.3 is 124 Å². The van der Waals surface area contributed by atoms with Crippen LogP contribution in [0.5, 0.6) is 5.75 Å². The molecule has 4 heterocycles. The number of carboxylic acids is 12. The Hall–Kier alpha value is -13.9. The Balaban J connectivity index is -0.00000124.